The van der Waals surface area contributed by atoms with E-state index in [9.17, 15) is 4.39 Å². The van der Waals surface area contributed by atoms with Gasteiger partial charge in [0.1, 0.15) is 5.82 Å². The molecule has 0 amide bonds. The summed E-state index contributed by atoms with van der Waals surface area (Å²) in [4.78, 5) is 2.08. The van der Waals surface area contributed by atoms with Crippen molar-refractivity contribution >= 4 is 23.0 Å². The molecule has 100 valence electrons. The Morgan fingerprint density at radius 2 is 1.89 bits per heavy atom. The van der Waals surface area contributed by atoms with Crippen LogP contribution in [0.25, 0.3) is 0 Å². The largest absolute Gasteiger partial charge is 0.342 e. The van der Waals surface area contributed by atoms with Gasteiger partial charge in [0, 0.05) is 23.8 Å². The third kappa shape index (κ3) is 3.27. The summed E-state index contributed by atoms with van der Waals surface area (Å²) in [6.07, 6.45) is 0. The molecule has 0 spiro atoms. The monoisotopic (exact) mass is 277 g/mol. The van der Waals surface area contributed by atoms with Crippen LogP contribution in [0.2, 0.25) is 0 Å². The normalized spacial score (nSPS) is 10.5. The molecular formula is C16H17ClFN. The molecule has 3 heteroatoms. The van der Waals surface area contributed by atoms with Crippen LogP contribution in [0.1, 0.15) is 18.1 Å². The summed E-state index contributed by atoms with van der Waals surface area (Å²) in [5.74, 6) is 0.0649. The molecule has 0 aliphatic carbocycles. The van der Waals surface area contributed by atoms with Gasteiger partial charge in [-0.2, -0.15) is 0 Å². The van der Waals surface area contributed by atoms with E-state index in [1.807, 2.05) is 38.1 Å². The Morgan fingerprint density at radius 1 is 1.11 bits per heavy atom. The smallest absolute Gasteiger partial charge is 0.125 e. The summed E-state index contributed by atoms with van der Waals surface area (Å²) in [5.41, 5.74) is 3.88. The Balaban J connectivity index is 2.44. The quantitative estimate of drug-likeness (QED) is 0.709. The van der Waals surface area contributed by atoms with Crippen molar-refractivity contribution in [2.75, 3.05) is 11.4 Å². The van der Waals surface area contributed by atoms with Gasteiger partial charge < -0.3 is 4.90 Å². The van der Waals surface area contributed by atoms with Crippen LogP contribution < -0.4 is 4.90 Å². The van der Waals surface area contributed by atoms with E-state index in [0.717, 1.165) is 23.5 Å². The summed E-state index contributed by atoms with van der Waals surface area (Å²) < 4.78 is 13.6. The fourth-order valence-electron chi connectivity index (χ4n) is 2.18. The second-order valence-corrected chi connectivity index (χ2v) is 4.80. The molecular weight excluding hydrogens is 261 g/mol. The molecule has 19 heavy (non-hydrogen) atoms. The second kappa shape index (κ2) is 6.07. The summed E-state index contributed by atoms with van der Waals surface area (Å²) in [5, 5.41) is 0. The van der Waals surface area contributed by atoms with Crippen LogP contribution in [0.4, 0.5) is 15.8 Å². The molecule has 0 saturated heterocycles. The van der Waals surface area contributed by atoms with Crippen molar-refractivity contribution in [3.8, 4) is 0 Å². The van der Waals surface area contributed by atoms with Gasteiger partial charge in [-0.05, 0) is 55.3 Å². The fourth-order valence-corrected chi connectivity index (χ4v) is 2.33. The molecule has 0 radical (unpaired) electrons. The lowest BCUT2D eigenvalue weighted by Gasteiger charge is -2.24. The van der Waals surface area contributed by atoms with Crippen LogP contribution in [0.5, 0.6) is 0 Å². The molecule has 0 N–H and O–H groups in total. The average Bonchev–Trinajstić information content (AvgIpc) is 2.39. The summed E-state index contributed by atoms with van der Waals surface area (Å²) in [7, 11) is 0. The van der Waals surface area contributed by atoms with E-state index in [1.165, 1.54) is 11.6 Å². The molecule has 1 nitrogen and oxygen atoms in total. The lowest BCUT2D eigenvalue weighted by molar-refractivity contribution is 0.626. The molecule has 2 rings (SSSR count). The highest BCUT2D eigenvalue weighted by atomic mass is 35.5. The summed E-state index contributed by atoms with van der Waals surface area (Å²) >= 11 is 5.80. The van der Waals surface area contributed by atoms with Crippen molar-refractivity contribution in [2.45, 2.75) is 19.7 Å². The highest BCUT2D eigenvalue weighted by Gasteiger charge is 2.09. The average molecular weight is 278 g/mol. The van der Waals surface area contributed by atoms with E-state index in [2.05, 4.69) is 11.0 Å². The number of alkyl halides is 1. The first kappa shape index (κ1) is 13.9. The van der Waals surface area contributed by atoms with Gasteiger partial charge in [-0.15, -0.1) is 11.6 Å². The van der Waals surface area contributed by atoms with Gasteiger partial charge in [-0.25, -0.2) is 4.39 Å². The SMILES string of the molecule is CCN(c1cccc(C)c1)c1cc(F)cc(CCl)c1. The van der Waals surface area contributed by atoms with Crippen LogP contribution >= 0.6 is 11.6 Å². The Labute approximate surface area is 118 Å². The van der Waals surface area contributed by atoms with Crippen molar-refractivity contribution in [2.24, 2.45) is 0 Å². The Bertz CT molecular complexity index is 568. The zero-order chi connectivity index (χ0) is 13.8. The maximum atomic E-state index is 13.6. The molecule has 0 heterocycles. The standard InChI is InChI=1S/C16H17ClFN/c1-3-19(15-6-4-5-12(2)7-15)16-9-13(11-17)8-14(18)10-16/h4-10H,3,11H2,1-2H3. The van der Waals surface area contributed by atoms with E-state index in [4.69, 9.17) is 11.6 Å². The number of anilines is 2. The van der Waals surface area contributed by atoms with E-state index >= 15 is 0 Å². The molecule has 2 aromatic rings. The Morgan fingerprint density at radius 3 is 2.53 bits per heavy atom. The molecule has 0 bridgehead atoms. The molecule has 0 aliphatic rings. The minimum atomic E-state index is -0.251. The fraction of sp³-hybridized carbons (Fsp3) is 0.250. The number of aryl methyl sites for hydroxylation is 1. The second-order valence-electron chi connectivity index (χ2n) is 4.53. The van der Waals surface area contributed by atoms with Crippen molar-refractivity contribution in [1.82, 2.24) is 0 Å². The first-order valence-electron chi connectivity index (χ1n) is 6.33. The maximum Gasteiger partial charge on any atom is 0.125 e. The molecule has 0 unspecified atom stereocenters. The molecule has 2 aromatic carbocycles. The number of hydrogen-bond donors (Lipinski definition) is 0. The lowest BCUT2D eigenvalue weighted by atomic mass is 10.1. The van der Waals surface area contributed by atoms with E-state index in [1.54, 1.807) is 6.07 Å². The first-order valence-corrected chi connectivity index (χ1v) is 6.87. The minimum absolute atomic E-state index is 0.251. The van der Waals surface area contributed by atoms with Crippen molar-refractivity contribution in [3.05, 3.63) is 59.4 Å². The van der Waals surface area contributed by atoms with Gasteiger partial charge in [-0.1, -0.05) is 12.1 Å². The molecule has 0 aromatic heterocycles. The zero-order valence-corrected chi connectivity index (χ0v) is 11.9. The highest BCUT2D eigenvalue weighted by Crippen LogP contribution is 2.27. The Kier molecular flexibility index (Phi) is 4.43. The van der Waals surface area contributed by atoms with E-state index in [0.29, 0.717) is 5.88 Å². The molecule has 0 saturated carbocycles. The van der Waals surface area contributed by atoms with Gasteiger partial charge in [0.15, 0.2) is 0 Å². The number of nitrogens with zero attached hydrogens (tertiary/aromatic N) is 1. The number of halogens is 2. The third-order valence-electron chi connectivity index (χ3n) is 3.04. The van der Waals surface area contributed by atoms with Crippen LogP contribution in [0, 0.1) is 12.7 Å². The van der Waals surface area contributed by atoms with Crippen LogP contribution in [-0.2, 0) is 5.88 Å². The molecule has 0 fully saturated rings. The lowest BCUT2D eigenvalue weighted by Crippen LogP contribution is -2.16. The van der Waals surface area contributed by atoms with Crippen LogP contribution in [-0.4, -0.2) is 6.54 Å². The minimum Gasteiger partial charge on any atom is -0.342 e. The maximum absolute atomic E-state index is 13.6. The van der Waals surface area contributed by atoms with Gasteiger partial charge >= 0.3 is 0 Å². The van der Waals surface area contributed by atoms with Crippen molar-refractivity contribution in [3.63, 3.8) is 0 Å². The van der Waals surface area contributed by atoms with Gasteiger partial charge in [0.2, 0.25) is 0 Å². The zero-order valence-electron chi connectivity index (χ0n) is 11.2. The number of hydrogen-bond acceptors (Lipinski definition) is 1. The highest BCUT2D eigenvalue weighted by molar-refractivity contribution is 6.17. The topological polar surface area (TPSA) is 3.24 Å². The predicted molar refractivity (Wildman–Crippen MR) is 79.8 cm³/mol. The summed E-state index contributed by atoms with van der Waals surface area (Å²) in [6, 6.07) is 13.1. The van der Waals surface area contributed by atoms with Gasteiger partial charge in [-0.3, -0.25) is 0 Å². The third-order valence-corrected chi connectivity index (χ3v) is 3.35. The van der Waals surface area contributed by atoms with Crippen LogP contribution in [0.3, 0.4) is 0 Å². The van der Waals surface area contributed by atoms with Gasteiger partial charge in [0.25, 0.3) is 0 Å². The molecule has 0 atom stereocenters. The summed E-state index contributed by atoms with van der Waals surface area (Å²) in [6.45, 7) is 4.87. The van der Waals surface area contributed by atoms with Crippen molar-refractivity contribution in [1.29, 1.82) is 0 Å². The van der Waals surface area contributed by atoms with Crippen molar-refractivity contribution < 1.29 is 4.39 Å². The number of rotatable bonds is 4. The van der Waals surface area contributed by atoms with E-state index < -0.39 is 0 Å². The predicted octanol–water partition coefficient (Wildman–Crippen LogP) is 5.03. The molecule has 0 aliphatic heterocycles. The Hall–Kier alpha value is -1.54. The number of benzene rings is 2. The van der Waals surface area contributed by atoms with Gasteiger partial charge in [0.05, 0.1) is 0 Å². The first-order chi connectivity index (χ1) is 9.13. The van der Waals surface area contributed by atoms with Crippen LogP contribution in [0.15, 0.2) is 42.5 Å². The van der Waals surface area contributed by atoms with E-state index in [-0.39, 0.29) is 5.82 Å².